The van der Waals surface area contributed by atoms with Crippen molar-refractivity contribution in [3.63, 3.8) is 0 Å². The maximum Gasteiger partial charge on any atom is 0.0726 e. The number of fused-ring (bicyclic) bond motifs is 19. The monoisotopic (exact) mass is 1350 g/mol. The Hall–Kier alpha value is -12.9. The molecule has 2 heteroatoms. The predicted molar refractivity (Wildman–Crippen MR) is 439 cm³/mol. The molecule has 0 unspecified atom stereocenters. The van der Waals surface area contributed by atoms with Crippen LogP contribution < -0.4 is 9.80 Å². The third-order valence-corrected chi connectivity index (χ3v) is 24.5. The van der Waals surface area contributed by atoms with Gasteiger partial charge in [-0.05, 0) is 231 Å². The Balaban J connectivity index is 0.731. The quantitative estimate of drug-likeness (QED) is 0.127. The lowest BCUT2D eigenvalue weighted by atomic mass is 9.67. The molecule has 0 saturated carbocycles. The van der Waals surface area contributed by atoms with Crippen LogP contribution in [0.4, 0.5) is 34.1 Å². The largest absolute Gasteiger partial charge is 0.310 e. The van der Waals surface area contributed by atoms with E-state index in [-0.39, 0.29) is 5.41 Å². The lowest BCUT2D eigenvalue weighted by Gasteiger charge is -2.36. The summed E-state index contributed by atoms with van der Waals surface area (Å²) in [5.74, 6) is 0. The molecular formula is C104H74N2. The van der Waals surface area contributed by atoms with E-state index in [1.807, 2.05) is 0 Å². The van der Waals surface area contributed by atoms with Crippen molar-refractivity contribution >= 4 is 34.1 Å². The molecule has 0 N–H and O–H groups in total. The van der Waals surface area contributed by atoms with Crippen LogP contribution in [0.25, 0.3) is 66.8 Å². The molecule has 0 atom stereocenters. The van der Waals surface area contributed by atoms with Gasteiger partial charge in [0.2, 0.25) is 0 Å². The Bertz CT molecular complexity index is 5910. The maximum absolute atomic E-state index is 2.52. The molecule has 106 heavy (non-hydrogen) atoms. The maximum atomic E-state index is 2.52. The van der Waals surface area contributed by atoms with Gasteiger partial charge >= 0.3 is 0 Å². The van der Waals surface area contributed by atoms with Crippen LogP contribution in [0, 0.1) is 13.8 Å². The second-order valence-electron chi connectivity index (χ2n) is 30.3. The van der Waals surface area contributed by atoms with Crippen molar-refractivity contribution in [1.29, 1.82) is 0 Å². The second-order valence-corrected chi connectivity index (χ2v) is 30.3. The van der Waals surface area contributed by atoms with Crippen molar-refractivity contribution in [2.45, 2.75) is 49.4 Å². The molecule has 2 nitrogen and oxygen atoms in total. The number of benzene rings is 16. The highest BCUT2D eigenvalue weighted by Gasteiger charge is 2.53. The Morgan fingerprint density at radius 2 is 0.434 bits per heavy atom. The minimum absolute atomic E-state index is 0.133. The number of nitrogens with zero attached hydrogens (tertiary/aromatic N) is 2. The number of hydrogen-bond donors (Lipinski definition) is 0. The SMILES string of the molecule is Cc1ccc2c(c1)C(c1ccccc1)(c1ccccc1)c1cc(N(c3ccc(-c4ccc(N(c5ccc6c(c5)-c5ccccc5C6(C)C)c5ccc6c(c5)C5(c7ccccc7-c7ccccc75)c5ccccc5-6)cc4)cc3)c3ccc4c(c3)C(c3ccccc3)(c3ccccc3)c3cc(C)ccc3-4)ccc1-2. The zero-order chi connectivity index (χ0) is 70.6. The van der Waals surface area contributed by atoms with E-state index >= 15 is 0 Å². The Morgan fingerprint density at radius 3 is 0.802 bits per heavy atom. The topological polar surface area (TPSA) is 6.48 Å². The first-order chi connectivity index (χ1) is 52.1. The highest BCUT2D eigenvalue weighted by Crippen LogP contribution is 2.65. The molecule has 5 aliphatic carbocycles. The summed E-state index contributed by atoms with van der Waals surface area (Å²) in [5.41, 5.74) is 40.4. The van der Waals surface area contributed by atoms with E-state index in [0.29, 0.717) is 0 Å². The fourth-order valence-electron chi connectivity index (χ4n) is 20.0. The normalized spacial score (nSPS) is 14.5. The molecule has 0 saturated heterocycles. The Morgan fingerprint density at radius 1 is 0.179 bits per heavy atom. The fourth-order valence-corrected chi connectivity index (χ4v) is 20.0. The minimum Gasteiger partial charge on any atom is -0.310 e. The van der Waals surface area contributed by atoms with Crippen molar-refractivity contribution in [1.82, 2.24) is 0 Å². The molecule has 16 aromatic carbocycles. The van der Waals surface area contributed by atoms with Gasteiger partial charge in [0, 0.05) is 39.5 Å². The summed E-state index contributed by atoms with van der Waals surface area (Å²) < 4.78 is 0. The molecule has 21 rings (SSSR count). The lowest BCUT2D eigenvalue weighted by Crippen LogP contribution is -2.29. The van der Waals surface area contributed by atoms with E-state index in [9.17, 15) is 0 Å². The first-order valence-electron chi connectivity index (χ1n) is 37.4. The second kappa shape index (κ2) is 23.3. The molecular weight excluding hydrogens is 1280 g/mol. The van der Waals surface area contributed by atoms with Gasteiger partial charge in [-0.1, -0.05) is 328 Å². The number of aryl methyl sites for hydroxylation is 2. The van der Waals surface area contributed by atoms with Gasteiger partial charge in [-0.15, -0.1) is 0 Å². The smallest absolute Gasteiger partial charge is 0.0726 e. The zero-order valence-electron chi connectivity index (χ0n) is 59.7. The highest BCUT2D eigenvalue weighted by atomic mass is 15.1. The van der Waals surface area contributed by atoms with Crippen molar-refractivity contribution in [2.24, 2.45) is 0 Å². The number of anilines is 6. The van der Waals surface area contributed by atoms with Crippen LogP contribution in [0.3, 0.4) is 0 Å². The molecule has 500 valence electrons. The highest BCUT2D eigenvalue weighted by molar-refractivity contribution is 5.98. The minimum atomic E-state index is -0.606. The van der Waals surface area contributed by atoms with Crippen LogP contribution in [0.15, 0.2) is 376 Å². The van der Waals surface area contributed by atoms with E-state index in [4.69, 9.17) is 0 Å². The van der Waals surface area contributed by atoms with Gasteiger partial charge in [-0.25, -0.2) is 0 Å². The molecule has 0 aromatic heterocycles. The van der Waals surface area contributed by atoms with Crippen LogP contribution in [0.5, 0.6) is 0 Å². The van der Waals surface area contributed by atoms with Crippen LogP contribution in [0.1, 0.15) is 103 Å². The van der Waals surface area contributed by atoms with Crippen LogP contribution in [-0.2, 0) is 21.7 Å². The summed E-state index contributed by atoms with van der Waals surface area (Å²) in [6.07, 6.45) is 0. The molecule has 0 amide bonds. The van der Waals surface area contributed by atoms with Crippen LogP contribution in [-0.4, -0.2) is 0 Å². The predicted octanol–water partition coefficient (Wildman–Crippen LogP) is 26.3. The van der Waals surface area contributed by atoms with E-state index in [0.717, 1.165) is 45.3 Å². The van der Waals surface area contributed by atoms with Crippen molar-refractivity contribution in [2.75, 3.05) is 9.80 Å². The summed E-state index contributed by atoms with van der Waals surface area (Å²) in [6, 6.07) is 143. The van der Waals surface area contributed by atoms with Gasteiger partial charge in [-0.3, -0.25) is 0 Å². The van der Waals surface area contributed by atoms with Crippen molar-refractivity contribution < 1.29 is 0 Å². The molecule has 5 aliphatic rings. The van der Waals surface area contributed by atoms with Gasteiger partial charge in [0.15, 0.2) is 0 Å². The summed E-state index contributed by atoms with van der Waals surface area (Å²) in [5, 5.41) is 0. The molecule has 0 radical (unpaired) electrons. The summed E-state index contributed by atoms with van der Waals surface area (Å²) in [6.45, 7) is 9.21. The van der Waals surface area contributed by atoms with Crippen LogP contribution in [0.2, 0.25) is 0 Å². The van der Waals surface area contributed by atoms with Gasteiger partial charge in [0.1, 0.15) is 0 Å². The third-order valence-electron chi connectivity index (χ3n) is 24.5. The Kier molecular flexibility index (Phi) is 13.6. The Labute approximate surface area is 621 Å². The van der Waals surface area contributed by atoms with Gasteiger partial charge in [0.05, 0.1) is 16.2 Å². The first kappa shape index (κ1) is 61.8. The average molecular weight is 1350 g/mol. The molecule has 0 heterocycles. The molecule has 16 aromatic rings. The molecule has 0 aliphatic heterocycles. The lowest BCUT2D eigenvalue weighted by molar-refractivity contribution is 0.660. The summed E-state index contributed by atoms with van der Waals surface area (Å²) in [7, 11) is 0. The van der Waals surface area contributed by atoms with E-state index < -0.39 is 16.2 Å². The first-order valence-corrected chi connectivity index (χ1v) is 37.4. The molecule has 1 spiro atoms. The van der Waals surface area contributed by atoms with Crippen molar-refractivity contribution in [3.05, 3.63) is 465 Å². The third kappa shape index (κ3) is 8.61. The van der Waals surface area contributed by atoms with Gasteiger partial charge in [0.25, 0.3) is 0 Å². The zero-order valence-corrected chi connectivity index (χ0v) is 59.7. The van der Waals surface area contributed by atoms with Crippen molar-refractivity contribution in [3.8, 4) is 66.8 Å². The van der Waals surface area contributed by atoms with E-state index in [1.54, 1.807) is 0 Å². The van der Waals surface area contributed by atoms with Gasteiger partial charge < -0.3 is 9.80 Å². The van der Waals surface area contributed by atoms with E-state index in [2.05, 4.69) is 414 Å². The fraction of sp³-hybridized carbons (Fsp3) is 0.0769. The van der Waals surface area contributed by atoms with Crippen LogP contribution >= 0.6 is 0 Å². The summed E-state index contributed by atoms with van der Waals surface area (Å²) >= 11 is 0. The van der Waals surface area contributed by atoms with Gasteiger partial charge in [-0.2, -0.15) is 0 Å². The van der Waals surface area contributed by atoms with E-state index in [1.165, 1.54) is 145 Å². The standard InChI is InChI=1S/C104H74N2/c1-67-41-55-85-88-58-52-78(64-98(88)102(96(85)61-67,71-25-9-5-10-26-71)72-27-11-6-12-28-72)106(79-53-59-89-86-56-42-68(2)62-97(86)103(99(89)65-79,73-29-13-7-14-30-73)74-31-15-8-16-32-74)76-49-45-70(46-50-76)69-43-47-75(48-44-69)105(77-54-60-92-90(63-77)84-36-17-21-37-91(84)101(92,3)4)80-51-57-87-83-35-20-24-40-95(83)104(100(87)66-80)93-38-22-18-33-81(93)82-34-19-23-39-94(82)104/h5-66H,1-4H3. The molecule has 0 fully saturated rings. The summed E-state index contributed by atoms with van der Waals surface area (Å²) in [4.78, 5) is 5.03. The molecule has 0 bridgehead atoms. The number of rotatable bonds is 11. The number of hydrogen-bond acceptors (Lipinski definition) is 2. The average Bonchev–Trinajstić information content (AvgIpc) is 1.51.